The Balaban J connectivity index is 2.64. The summed E-state index contributed by atoms with van der Waals surface area (Å²) < 4.78 is 0. The fraction of sp³-hybridized carbons (Fsp3) is 0.500. The van der Waals surface area contributed by atoms with Gasteiger partial charge in [-0.25, -0.2) is 0 Å². The van der Waals surface area contributed by atoms with E-state index in [1.54, 1.807) is 30.3 Å². The van der Waals surface area contributed by atoms with E-state index in [-0.39, 0.29) is 12.5 Å². The van der Waals surface area contributed by atoms with E-state index in [1.807, 2.05) is 18.9 Å². The van der Waals surface area contributed by atoms with Crippen LogP contribution in [0.3, 0.4) is 0 Å². The average Bonchev–Trinajstić information content (AvgIpc) is 2.46. The van der Waals surface area contributed by atoms with Crippen molar-refractivity contribution >= 4 is 0 Å². The van der Waals surface area contributed by atoms with Crippen molar-refractivity contribution in [2.24, 2.45) is 5.92 Å². The fourth-order valence-electron chi connectivity index (χ4n) is 2.11. The number of aliphatic hydroxyl groups is 3. The van der Waals surface area contributed by atoms with Gasteiger partial charge in [0.2, 0.25) is 0 Å². The molecule has 1 rings (SSSR count). The molecule has 0 bridgehead atoms. The Morgan fingerprint density at radius 1 is 1.25 bits per heavy atom. The average molecular weight is 279 g/mol. The van der Waals surface area contributed by atoms with Crippen LogP contribution < -0.4 is 0 Å². The summed E-state index contributed by atoms with van der Waals surface area (Å²) in [5, 5.41) is 29.5. The minimum atomic E-state index is -0.727. The Labute approximate surface area is 121 Å². The first-order valence-electron chi connectivity index (χ1n) is 6.84. The van der Waals surface area contributed by atoms with Crippen LogP contribution in [0, 0.1) is 5.92 Å². The van der Waals surface area contributed by atoms with Crippen LogP contribution in [-0.2, 0) is 6.61 Å². The van der Waals surface area contributed by atoms with E-state index in [9.17, 15) is 10.2 Å². The maximum atomic E-state index is 10.3. The van der Waals surface area contributed by atoms with Gasteiger partial charge in [-0.05, 0) is 18.2 Å². The zero-order chi connectivity index (χ0) is 15.1. The lowest BCUT2D eigenvalue weighted by Crippen LogP contribution is -2.35. The molecule has 0 saturated carbocycles. The molecule has 0 aliphatic heterocycles. The molecule has 1 aromatic rings. The molecule has 0 heterocycles. The predicted octanol–water partition coefficient (Wildman–Crippen LogP) is 1.33. The molecule has 0 aliphatic carbocycles. The van der Waals surface area contributed by atoms with Crippen LogP contribution in [-0.4, -0.2) is 46.5 Å². The predicted molar refractivity (Wildman–Crippen MR) is 80.2 cm³/mol. The molecule has 0 unspecified atom stereocenters. The van der Waals surface area contributed by atoms with Crippen LogP contribution in [0.1, 0.15) is 24.2 Å². The Morgan fingerprint density at radius 2 is 1.85 bits per heavy atom. The summed E-state index contributed by atoms with van der Waals surface area (Å²) in [5.41, 5.74) is 1.56. The third-order valence-corrected chi connectivity index (χ3v) is 3.55. The van der Waals surface area contributed by atoms with E-state index in [1.165, 1.54) is 0 Å². The van der Waals surface area contributed by atoms with Crippen molar-refractivity contribution in [1.82, 2.24) is 4.90 Å². The molecule has 112 valence electrons. The second-order valence-corrected chi connectivity index (χ2v) is 5.28. The molecular weight excluding hydrogens is 254 g/mol. The van der Waals surface area contributed by atoms with E-state index < -0.39 is 12.2 Å². The molecule has 0 amide bonds. The molecule has 3 N–H and O–H groups in total. The quantitative estimate of drug-likeness (QED) is 0.628. The van der Waals surface area contributed by atoms with Gasteiger partial charge in [0, 0.05) is 19.0 Å². The number of hydrogen-bond donors (Lipinski definition) is 3. The van der Waals surface area contributed by atoms with Crippen LogP contribution in [0.4, 0.5) is 0 Å². The molecule has 3 atom stereocenters. The number of benzene rings is 1. The van der Waals surface area contributed by atoms with Crippen LogP contribution in [0.2, 0.25) is 0 Å². The minimum Gasteiger partial charge on any atom is -0.392 e. The Kier molecular flexibility index (Phi) is 6.88. The standard InChI is InChI=1S/C16H25NO3/c1-4-9-17(3)10-15(19)12(2)16(20)14-7-5-13(11-18)6-8-14/h4-8,12,15-16,18-20H,1,9-11H2,2-3H3/t12-,15+,16+/m0/s1. The van der Waals surface area contributed by atoms with Crippen molar-refractivity contribution in [1.29, 1.82) is 0 Å². The maximum absolute atomic E-state index is 10.3. The Morgan fingerprint density at radius 3 is 2.35 bits per heavy atom. The van der Waals surface area contributed by atoms with Gasteiger partial charge in [-0.3, -0.25) is 0 Å². The van der Waals surface area contributed by atoms with Gasteiger partial charge in [-0.15, -0.1) is 6.58 Å². The first kappa shape index (κ1) is 16.9. The largest absolute Gasteiger partial charge is 0.392 e. The highest BCUT2D eigenvalue weighted by Gasteiger charge is 2.24. The second-order valence-electron chi connectivity index (χ2n) is 5.28. The third kappa shape index (κ3) is 4.72. The van der Waals surface area contributed by atoms with Gasteiger partial charge in [0.05, 0.1) is 18.8 Å². The summed E-state index contributed by atoms with van der Waals surface area (Å²) in [4.78, 5) is 1.95. The highest BCUT2D eigenvalue weighted by atomic mass is 16.3. The van der Waals surface area contributed by atoms with Crippen LogP contribution in [0.5, 0.6) is 0 Å². The third-order valence-electron chi connectivity index (χ3n) is 3.55. The normalized spacial score (nSPS) is 15.9. The van der Waals surface area contributed by atoms with E-state index >= 15 is 0 Å². The van der Waals surface area contributed by atoms with E-state index in [0.717, 1.165) is 11.1 Å². The zero-order valence-electron chi connectivity index (χ0n) is 12.2. The van der Waals surface area contributed by atoms with Gasteiger partial charge in [-0.2, -0.15) is 0 Å². The lowest BCUT2D eigenvalue weighted by atomic mass is 9.92. The number of likely N-dealkylation sites (N-methyl/N-ethyl adjacent to an activating group) is 1. The SMILES string of the molecule is C=CCN(C)C[C@@H](O)[C@H](C)[C@@H](O)c1ccc(CO)cc1. The van der Waals surface area contributed by atoms with Crippen LogP contribution in [0.25, 0.3) is 0 Å². The summed E-state index contributed by atoms with van der Waals surface area (Å²) in [6.45, 7) is 6.66. The highest BCUT2D eigenvalue weighted by Crippen LogP contribution is 2.25. The van der Waals surface area contributed by atoms with Gasteiger partial charge >= 0.3 is 0 Å². The summed E-state index contributed by atoms with van der Waals surface area (Å²) in [6, 6.07) is 7.13. The smallest absolute Gasteiger partial charge is 0.0840 e. The molecule has 4 nitrogen and oxygen atoms in total. The Hall–Kier alpha value is -1.20. The monoisotopic (exact) mass is 279 g/mol. The number of aliphatic hydroxyl groups excluding tert-OH is 3. The van der Waals surface area contributed by atoms with Gasteiger partial charge in [-0.1, -0.05) is 37.3 Å². The second kappa shape index (κ2) is 8.17. The molecule has 0 aromatic heterocycles. The van der Waals surface area contributed by atoms with Gasteiger partial charge in [0.15, 0.2) is 0 Å². The molecule has 0 radical (unpaired) electrons. The van der Waals surface area contributed by atoms with Crippen molar-refractivity contribution in [3.63, 3.8) is 0 Å². The van der Waals surface area contributed by atoms with Crippen molar-refractivity contribution in [2.75, 3.05) is 20.1 Å². The summed E-state index contributed by atoms with van der Waals surface area (Å²) >= 11 is 0. The molecule has 1 aromatic carbocycles. The van der Waals surface area contributed by atoms with Crippen molar-refractivity contribution in [3.05, 3.63) is 48.0 Å². The van der Waals surface area contributed by atoms with Crippen molar-refractivity contribution in [2.45, 2.75) is 25.7 Å². The maximum Gasteiger partial charge on any atom is 0.0840 e. The number of nitrogens with zero attached hydrogens (tertiary/aromatic N) is 1. The van der Waals surface area contributed by atoms with Crippen molar-refractivity contribution in [3.8, 4) is 0 Å². The lowest BCUT2D eigenvalue weighted by Gasteiger charge is -2.27. The lowest BCUT2D eigenvalue weighted by molar-refractivity contribution is 0.00702. The first-order chi connectivity index (χ1) is 9.49. The highest BCUT2D eigenvalue weighted by molar-refractivity contribution is 5.24. The van der Waals surface area contributed by atoms with E-state index in [0.29, 0.717) is 13.1 Å². The number of hydrogen-bond acceptors (Lipinski definition) is 4. The summed E-state index contributed by atoms with van der Waals surface area (Å²) in [6.07, 6.45) is 0.434. The molecule has 4 heteroatoms. The van der Waals surface area contributed by atoms with E-state index in [2.05, 4.69) is 6.58 Å². The van der Waals surface area contributed by atoms with Gasteiger partial charge in [0.25, 0.3) is 0 Å². The summed E-state index contributed by atoms with van der Waals surface area (Å²) in [5.74, 6) is -0.276. The van der Waals surface area contributed by atoms with Crippen LogP contribution in [0.15, 0.2) is 36.9 Å². The molecule has 0 aliphatic rings. The van der Waals surface area contributed by atoms with Crippen LogP contribution >= 0.6 is 0 Å². The molecule has 0 spiro atoms. The molecule has 0 fully saturated rings. The number of rotatable bonds is 8. The van der Waals surface area contributed by atoms with Crippen molar-refractivity contribution < 1.29 is 15.3 Å². The Bertz CT molecular complexity index is 405. The van der Waals surface area contributed by atoms with Gasteiger partial charge < -0.3 is 20.2 Å². The van der Waals surface area contributed by atoms with Gasteiger partial charge in [0.1, 0.15) is 0 Å². The molecule has 20 heavy (non-hydrogen) atoms. The fourth-order valence-corrected chi connectivity index (χ4v) is 2.11. The van der Waals surface area contributed by atoms with E-state index in [4.69, 9.17) is 5.11 Å². The molecular formula is C16H25NO3. The first-order valence-corrected chi connectivity index (χ1v) is 6.84. The summed E-state index contributed by atoms with van der Waals surface area (Å²) in [7, 11) is 1.90. The molecule has 0 saturated heterocycles. The zero-order valence-corrected chi connectivity index (χ0v) is 12.2. The topological polar surface area (TPSA) is 63.9 Å². The minimum absolute atomic E-state index is 0.0130.